The maximum atomic E-state index is 10.5. The van der Waals surface area contributed by atoms with Crippen LogP contribution in [0.4, 0.5) is 0 Å². The third kappa shape index (κ3) is 36.8. The van der Waals surface area contributed by atoms with Crippen LogP contribution >= 0.6 is 0 Å². The Balaban J connectivity index is -0.000000261. The van der Waals surface area contributed by atoms with Crippen molar-refractivity contribution in [2.75, 3.05) is 0 Å². The highest BCUT2D eigenvalue weighted by Gasteiger charge is 2.08. The van der Waals surface area contributed by atoms with E-state index in [4.69, 9.17) is 0 Å². The molecule has 0 bridgehead atoms. The predicted octanol–water partition coefficient (Wildman–Crippen LogP) is 4.38. The molecule has 0 saturated carbocycles. The van der Waals surface area contributed by atoms with E-state index in [2.05, 4.69) is 19.1 Å². The number of carbonyl (C=O) groups is 4. The third-order valence-corrected chi connectivity index (χ3v) is 2.23. The van der Waals surface area contributed by atoms with Gasteiger partial charge in [0.1, 0.15) is 23.1 Å². The van der Waals surface area contributed by atoms with Crippen molar-refractivity contribution in [3.63, 3.8) is 0 Å². The van der Waals surface area contributed by atoms with E-state index >= 15 is 0 Å². The van der Waals surface area contributed by atoms with Crippen molar-refractivity contribution in [1.82, 2.24) is 0 Å². The monoisotopic (exact) mass is 336 g/mol. The minimum absolute atomic E-state index is 0.0812. The zero-order chi connectivity index (χ0) is 19.7. The second-order valence-corrected chi connectivity index (χ2v) is 5.89. The van der Waals surface area contributed by atoms with Crippen LogP contribution in [-0.2, 0) is 19.2 Å². The number of hydrogen-bond donors (Lipinski definition) is 0. The van der Waals surface area contributed by atoms with E-state index < -0.39 is 0 Å². The van der Waals surface area contributed by atoms with Gasteiger partial charge in [-0.05, 0) is 48.5 Å². The van der Waals surface area contributed by atoms with Gasteiger partial charge in [-0.1, -0.05) is 42.8 Å². The van der Waals surface area contributed by atoms with Gasteiger partial charge >= 0.3 is 0 Å². The van der Waals surface area contributed by atoms with Crippen LogP contribution in [0.25, 0.3) is 0 Å². The highest BCUT2D eigenvalue weighted by atomic mass is 16.1. The normalized spacial score (nSPS) is 9.50. The molecule has 0 N–H and O–H groups in total. The van der Waals surface area contributed by atoms with Crippen molar-refractivity contribution >= 4 is 23.1 Å². The van der Waals surface area contributed by atoms with Gasteiger partial charge in [0.15, 0.2) is 0 Å². The Hall–Kier alpha value is -2.10. The number of carbonyl (C=O) groups excluding carboxylic acids is 4. The zero-order valence-electron chi connectivity index (χ0n) is 16.3. The zero-order valence-corrected chi connectivity index (χ0v) is 16.3. The molecule has 1 rings (SSSR count). The van der Waals surface area contributed by atoms with Crippen molar-refractivity contribution in [2.45, 2.75) is 61.8 Å². The molecule has 0 fully saturated rings. The summed E-state index contributed by atoms with van der Waals surface area (Å²) in [5.74, 6) is 0.408. The second kappa shape index (κ2) is 17.3. The van der Waals surface area contributed by atoms with Gasteiger partial charge in [0.05, 0.1) is 0 Å². The summed E-state index contributed by atoms with van der Waals surface area (Å²) in [5.41, 5.74) is 1.32. The number of hydrogen-bond acceptors (Lipinski definition) is 4. The fraction of sp³-hybridized carbons (Fsp3) is 0.500. The molecule has 1 atom stereocenters. The minimum atomic E-state index is -0.0949. The van der Waals surface area contributed by atoms with E-state index in [0.717, 1.165) is 0 Å². The Morgan fingerprint density at radius 3 is 1.25 bits per heavy atom. The summed E-state index contributed by atoms with van der Waals surface area (Å²) >= 11 is 0. The van der Waals surface area contributed by atoms with Gasteiger partial charge in [-0.15, -0.1) is 0 Å². The molecule has 0 heterocycles. The van der Waals surface area contributed by atoms with Crippen molar-refractivity contribution in [3.8, 4) is 0 Å². The summed E-state index contributed by atoms with van der Waals surface area (Å²) in [5, 5.41) is 0. The molecule has 1 aromatic rings. The molecule has 0 spiro atoms. The van der Waals surface area contributed by atoms with Crippen LogP contribution in [0.1, 0.15) is 60.5 Å². The first-order chi connectivity index (χ1) is 10.9. The number of rotatable bonds is 3. The highest BCUT2D eigenvalue weighted by Crippen LogP contribution is 2.02. The van der Waals surface area contributed by atoms with Crippen molar-refractivity contribution in [1.29, 1.82) is 0 Å². The molecule has 24 heavy (non-hydrogen) atoms. The number of ketones is 4. The maximum absolute atomic E-state index is 10.5. The number of aryl methyl sites for hydroxylation is 1. The average molecular weight is 336 g/mol. The summed E-state index contributed by atoms with van der Waals surface area (Å²) in [6.45, 7) is 13.0. The second-order valence-electron chi connectivity index (χ2n) is 5.89. The number of Topliss-reactive ketones (excluding diaryl/α,β-unsaturated/α-hetero) is 4. The van der Waals surface area contributed by atoms with Crippen molar-refractivity contribution < 1.29 is 19.2 Å². The first-order valence-electron chi connectivity index (χ1n) is 7.86. The molecule has 4 heteroatoms. The quantitative estimate of drug-likeness (QED) is 0.821. The van der Waals surface area contributed by atoms with E-state index in [0.29, 0.717) is 6.42 Å². The molecular weight excluding hydrogens is 304 g/mol. The summed E-state index contributed by atoms with van der Waals surface area (Å²) in [6, 6.07) is 10.3. The average Bonchev–Trinajstić information content (AvgIpc) is 2.38. The topological polar surface area (TPSA) is 68.3 Å². The van der Waals surface area contributed by atoms with Gasteiger partial charge in [0, 0.05) is 12.3 Å². The van der Waals surface area contributed by atoms with E-state index in [1.807, 2.05) is 18.2 Å². The van der Waals surface area contributed by atoms with Crippen LogP contribution in [0.2, 0.25) is 0 Å². The summed E-state index contributed by atoms with van der Waals surface area (Å²) in [4.78, 5) is 39.8. The first-order valence-corrected chi connectivity index (χ1v) is 7.86. The predicted molar refractivity (Wildman–Crippen MR) is 99.0 cm³/mol. The van der Waals surface area contributed by atoms with Crippen LogP contribution in [0.15, 0.2) is 30.3 Å². The Bertz CT molecular complexity index is 470. The molecule has 4 nitrogen and oxygen atoms in total. The standard InChI is InChI=1S/C7H12O2.C7H8.2C3H6O/c1-5(7(3)9)4-6(2)8;1-7-5-3-2-4-6-7;2*1-3(2)4/h5H,4H2,1-3H3;2-6H,1H3;2*1-2H3. The fourth-order valence-corrected chi connectivity index (χ4v) is 1.11. The lowest BCUT2D eigenvalue weighted by molar-refractivity contribution is -0.125. The Morgan fingerprint density at radius 2 is 1.12 bits per heavy atom. The van der Waals surface area contributed by atoms with Gasteiger partial charge < -0.3 is 14.4 Å². The maximum Gasteiger partial charge on any atom is 0.133 e. The van der Waals surface area contributed by atoms with Gasteiger partial charge in [0.2, 0.25) is 0 Å². The van der Waals surface area contributed by atoms with Crippen LogP contribution in [-0.4, -0.2) is 23.1 Å². The Labute approximate surface area is 146 Å². The molecule has 0 amide bonds. The molecule has 0 aliphatic heterocycles. The molecular formula is C20H32O4. The fourth-order valence-electron chi connectivity index (χ4n) is 1.11. The lowest BCUT2D eigenvalue weighted by Gasteiger charge is -2.01. The lowest BCUT2D eigenvalue weighted by atomic mass is 10.0. The van der Waals surface area contributed by atoms with Gasteiger partial charge in [0.25, 0.3) is 0 Å². The van der Waals surface area contributed by atoms with Crippen LogP contribution in [0.3, 0.4) is 0 Å². The van der Waals surface area contributed by atoms with Crippen molar-refractivity contribution in [3.05, 3.63) is 35.9 Å². The molecule has 0 aromatic heterocycles. The highest BCUT2D eigenvalue weighted by molar-refractivity contribution is 5.85. The summed E-state index contributed by atoms with van der Waals surface area (Å²) < 4.78 is 0. The van der Waals surface area contributed by atoms with E-state index in [1.54, 1.807) is 6.92 Å². The van der Waals surface area contributed by atoms with Gasteiger partial charge in [-0.3, -0.25) is 4.79 Å². The molecule has 1 unspecified atom stereocenters. The SMILES string of the molecule is CC(=O)CC(C)C(C)=O.CC(C)=O.CC(C)=O.Cc1ccccc1. The molecule has 0 aliphatic carbocycles. The minimum Gasteiger partial charge on any atom is -0.300 e. The van der Waals surface area contributed by atoms with Crippen LogP contribution in [0, 0.1) is 12.8 Å². The smallest absolute Gasteiger partial charge is 0.133 e. The van der Waals surface area contributed by atoms with Gasteiger partial charge in [-0.2, -0.15) is 0 Å². The molecule has 1 aromatic carbocycles. The Morgan fingerprint density at radius 1 is 0.792 bits per heavy atom. The summed E-state index contributed by atoms with van der Waals surface area (Å²) in [6.07, 6.45) is 0.384. The Kier molecular flexibility index (Phi) is 19.3. The molecule has 0 saturated heterocycles. The first kappa shape index (κ1) is 26.8. The van der Waals surface area contributed by atoms with E-state index in [1.165, 1.54) is 47.1 Å². The molecule has 136 valence electrons. The van der Waals surface area contributed by atoms with Crippen LogP contribution < -0.4 is 0 Å². The third-order valence-electron chi connectivity index (χ3n) is 2.23. The van der Waals surface area contributed by atoms with Crippen LogP contribution in [0.5, 0.6) is 0 Å². The molecule has 0 aliphatic rings. The summed E-state index contributed by atoms with van der Waals surface area (Å²) in [7, 11) is 0. The molecule has 0 radical (unpaired) electrons. The van der Waals surface area contributed by atoms with Crippen molar-refractivity contribution in [2.24, 2.45) is 5.92 Å². The lowest BCUT2D eigenvalue weighted by Crippen LogP contribution is -2.09. The van der Waals surface area contributed by atoms with Gasteiger partial charge in [-0.25, -0.2) is 0 Å². The van der Waals surface area contributed by atoms with E-state index in [-0.39, 0.29) is 29.1 Å². The number of benzene rings is 1. The van der Waals surface area contributed by atoms with E-state index in [9.17, 15) is 19.2 Å². The largest absolute Gasteiger partial charge is 0.300 e.